The van der Waals surface area contributed by atoms with Crippen molar-refractivity contribution in [1.29, 1.82) is 0 Å². The zero-order valence-corrected chi connectivity index (χ0v) is 11.9. The van der Waals surface area contributed by atoms with Crippen LogP contribution < -0.4 is 9.47 Å². The van der Waals surface area contributed by atoms with Crippen molar-refractivity contribution in [2.75, 3.05) is 7.11 Å². The van der Waals surface area contributed by atoms with E-state index in [1.165, 1.54) is 0 Å². The van der Waals surface area contributed by atoms with E-state index in [4.69, 9.17) is 4.74 Å². The number of rotatable bonds is 3. The molecule has 0 amide bonds. The molecule has 2 aromatic heterocycles. The Hall–Kier alpha value is -2.30. The van der Waals surface area contributed by atoms with Crippen LogP contribution >= 0.6 is 0 Å². The molecule has 0 atom stereocenters. The lowest BCUT2D eigenvalue weighted by Gasteiger charge is -2.08. The van der Waals surface area contributed by atoms with Crippen molar-refractivity contribution in [2.24, 2.45) is 0 Å². The molecule has 0 saturated heterocycles. The number of hydrogen-bond acceptors (Lipinski definition) is 3. The topological polar surface area (TPSA) is 53.5 Å². The normalized spacial score (nSPS) is 11.3. The third-order valence-corrected chi connectivity index (χ3v) is 3.51. The summed E-state index contributed by atoms with van der Waals surface area (Å²) < 4.78 is 8.14. The smallest absolute Gasteiger partial charge is 0.312 e. The van der Waals surface area contributed by atoms with Gasteiger partial charge in [-0.2, -0.15) is 4.40 Å². The van der Waals surface area contributed by atoms with Gasteiger partial charge in [-0.05, 0) is 25.5 Å². The second-order valence-electron chi connectivity index (χ2n) is 4.90. The highest BCUT2D eigenvalue weighted by Gasteiger charge is 2.20. The number of methoxy groups -OCH3 is 1. The highest BCUT2D eigenvalue weighted by molar-refractivity contribution is 5.81. The maximum absolute atomic E-state index is 12.2. The van der Waals surface area contributed by atoms with Crippen LogP contribution in [0.4, 0.5) is 0 Å². The van der Waals surface area contributed by atoms with Crippen LogP contribution in [0.15, 0.2) is 24.4 Å². The van der Waals surface area contributed by atoms with Gasteiger partial charge in [-0.1, -0.05) is 6.92 Å². The zero-order chi connectivity index (χ0) is 14.3. The molecule has 0 fully saturated rings. The Morgan fingerprint density at radius 1 is 1.40 bits per heavy atom. The maximum atomic E-state index is 12.2. The average Bonchev–Trinajstić information content (AvgIpc) is 2.77. The molecular weight excluding hydrogens is 254 g/mol. The molecule has 5 heteroatoms. The van der Waals surface area contributed by atoms with Gasteiger partial charge in [0.1, 0.15) is 23.2 Å². The van der Waals surface area contributed by atoms with Gasteiger partial charge < -0.3 is 9.94 Å². The first kappa shape index (κ1) is 12.7. The van der Waals surface area contributed by atoms with Crippen LogP contribution in [-0.2, 0) is 6.42 Å². The predicted molar refractivity (Wildman–Crippen MR) is 76.9 cm³/mol. The molecule has 20 heavy (non-hydrogen) atoms. The second kappa shape index (κ2) is 4.67. The Bertz CT molecular complexity index is 793. The number of ether oxygens (including phenoxy) is 1. The fourth-order valence-corrected chi connectivity index (χ4v) is 2.62. The molecule has 104 valence electrons. The predicted octanol–water partition coefficient (Wildman–Crippen LogP) is 2.39. The number of nitrogens with zero attached hydrogens (tertiary/aromatic N) is 3. The van der Waals surface area contributed by atoms with E-state index >= 15 is 0 Å². The van der Waals surface area contributed by atoms with Crippen molar-refractivity contribution in [3.63, 3.8) is 0 Å². The van der Waals surface area contributed by atoms with Crippen molar-refractivity contribution < 1.29 is 9.47 Å². The molecule has 0 unspecified atom stereocenters. The third-order valence-electron chi connectivity index (χ3n) is 3.51. The zero-order valence-electron chi connectivity index (χ0n) is 11.9. The molecule has 3 aromatic rings. The standard InChI is InChI=1S/C15H17N3O2/c1-4-5-14-16-10(2)15-17(19)9-11-6-7-12(20-3)8-13(11)18(14)15/h6-9H,4-5H2,1-3H3. The molecule has 0 N–H and O–H groups in total. The van der Waals surface area contributed by atoms with Crippen LogP contribution in [0.1, 0.15) is 24.9 Å². The molecule has 0 aliphatic rings. The average molecular weight is 271 g/mol. The SMILES string of the molecule is CCCc1nc(C)c2n1c1cc(OC)ccc1c[n+]2[O-]. The largest absolute Gasteiger partial charge is 0.711 e. The first-order valence-electron chi connectivity index (χ1n) is 6.73. The second-order valence-corrected chi connectivity index (χ2v) is 4.90. The molecule has 0 aliphatic carbocycles. The molecule has 1 aromatic carbocycles. The summed E-state index contributed by atoms with van der Waals surface area (Å²) in [5.74, 6) is 1.69. The van der Waals surface area contributed by atoms with Gasteiger partial charge in [0.25, 0.3) is 0 Å². The minimum Gasteiger partial charge on any atom is -0.711 e. The van der Waals surface area contributed by atoms with E-state index in [9.17, 15) is 5.21 Å². The molecule has 0 saturated carbocycles. The van der Waals surface area contributed by atoms with E-state index in [-0.39, 0.29) is 0 Å². The number of benzene rings is 1. The summed E-state index contributed by atoms with van der Waals surface area (Å²) in [4.78, 5) is 4.55. The van der Waals surface area contributed by atoms with Crippen molar-refractivity contribution >= 4 is 16.6 Å². The van der Waals surface area contributed by atoms with Crippen molar-refractivity contribution in [3.05, 3.63) is 41.1 Å². The van der Waals surface area contributed by atoms with E-state index in [1.807, 2.05) is 29.5 Å². The van der Waals surface area contributed by atoms with Crippen LogP contribution in [0.2, 0.25) is 0 Å². The molecule has 3 rings (SSSR count). The van der Waals surface area contributed by atoms with Crippen LogP contribution in [0, 0.1) is 12.1 Å². The monoisotopic (exact) mass is 271 g/mol. The molecular formula is C15H17N3O2. The van der Waals surface area contributed by atoms with Gasteiger partial charge in [-0.15, -0.1) is 0 Å². The molecule has 5 nitrogen and oxygen atoms in total. The minimum absolute atomic E-state index is 0.592. The Morgan fingerprint density at radius 2 is 2.20 bits per heavy atom. The van der Waals surface area contributed by atoms with Gasteiger partial charge in [-0.3, -0.25) is 0 Å². The number of aryl methyl sites for hydroxylation is 2. The first-order valence-corrected chi connectivity index (χ1v) is 6.73. The summed E-state index contributed by atoms with van der Waals surface area (Å²) in [6.07, 6.45) is 3.41. The summed E-state index contributed by atoms with van der Waals surface area (Å²) in [6.45, 7) is 3.97. The highest BCUT2D eigenvalue weighted by atomic mass is 16.5. The number of fused-ring (bicyclic) bond motifs is 3. The summed E-state index contributed by atoms with van der Waals surface area (Å²) in [6, 6.07) is 5.70. The third kappa shape index (κ3) is 1.78. The van der Waals surface area contributed by atoms with E-state index in [0.717, 1.165) is 45.7 Å². The van der Waals surface area contributed by atoms with Gasteiger partial charge in [0, 0.05) is 12.5 Å². The van der Waals surface area contributed by atoms with E-state index in [1.54, 1.807) is 13.3 Å². The Balaban J connectivity index is 2.47. The lowest BCUT2D eigenvalue weighted by Crippen LogP contribution is -2.29. The fourth-order valence-electron chi connectivity index (χ4n) is 2.62. The Labute approximate surface area is 117 Å². The lowest BCUT2D eigenvalue weighted by atomic mass is 10.2. The maximum Gasteiger partial charge on any atom is 0.312 e. The summed E-state index contributed by atoms with van der Waals surface area (Å²) in [5.41, 5.74) is 2.30. The summed E-state index contributed by atoms with van der Waals surface area (Å²) >= 11 is 0. The number of aromatic nitrogens is 3. The van der Waals surface area contributed by atoms with Gasteiger partial charge >= 0.3 is 5.65 Å². The lowest BCUT2D eigenvalue weighted by molar-refractivity contribution is -0.579. The van der Waals surface area contributed by atoms with E-state index in [0.29, 0.717) is 5.65 Å². The number of imidazole rings is 1. The quantitative estimate of drug-likeness (QED) is 0.543. The molecule has 0 radical (unpaired) electrons. The van der Waals surface area contributed by atoms with Gasteiger partial charge in [0.2, 0.25) is 5.82 Å². The van der Waals surface area contributed by atoms with Crippen LogP contribution in [-0.4, -0.2) is 16.5 Å². The van der Waals surface area contributed by atoms with E-state index in [2.05, 4.69) is 11.9 Å². The molecule has 0 bridgehead atoms. The van der Waals surface area contributed by atoms with Gasteiger partial charge in [-0.25, -0.2) is 9.71 Å². The van der Waals surface area contributed by atoms with Gasteiger partial charge in [0.15, 0.2) is 0 Å². The summed E-state index contributed by atoms with van der Waals surface area (Å²) in [7, 11) is 1.64. The van der Waals surface area contributed by atoms with Crippen LogP contribution in [0.25, 0.3) is 16.6 Å². The molecule has 0 aliphatic heterocycles. The summed E-state index contributed by atoms with van der Waals surface area (Å²) in [5, 5.41) is 13.1. The Kier molecular flexibility index (Phi) is 2.97. The van der Waals surface area contributed by atoms with Crippen molar-refractivity contribution in [1.82, 2.24) is 9.38 Å². The van der Waals surface area contributed by atoms with Crippen LogP contribution in [0.3, 0.4) is 0 Å². The van der Waals surface area contributed by atoms with Crippen molar-refractivity contribution in [2.45, 2.75) is 26.7 Å². The van der Waals surface area contributed by atoms with E-state index < -0.39 is 0 Å². The fraction of sp³-hybridized carbons (Fsp3) is 0.333. The minimum atomic E-state index is 0.592. The van der Waals surface area contributed by atoms with Crippen LogP contribution in [0.5, 0.6) is 5.75 Å². The first-order chi connectivity index (χ1) is 9.65. The Morgan fingerprint density at radius 3 is 2.90 bits per heavy atom. The molecule has 2 heterocycles. The molecule has 0 spiro atoms. The highest BCUT2D eigenvalue weighted by Crippen LogP contribution is 2.23. The number of hydrogen-bond donors (Lipinski definition) is 0. The van der Waals surface area contributed by atoms with Gasteiger partial charge in [0.05, 0.1) is 12.5 Å². The van der Waals surface area contributed by atoms with Crippen molar-refractivity contribution in [3.8, 4) is 5.75 Å².